The van der Waals surface area contributed by atoms with Crippen LogP contribution in [0.3, 0.4) is 0 Å². The predicted octanol–water partition coefficient (Wildman–Crippen LogP) is 10.7. The fraction of sp³-hybridized carbons (Fsp3) is 0.929. The van der Waals surface area contributed by atoms with E-state index in [4.69, 9.17) is 30.9 Å². The van der Waals surface area contributed by atoms with Gasteiger partial charge in [0.25, 0.3) is 0 Å². The monoisotopic (exact) mass is 848 g/mol. The second-order valence-corrected chi connectivity index (χ2v) is 16.3. The quantitative estimate of drug-likeness (QED) is 0.171. The molecule has 6 aliphatic rings. The standard InChI is InChI=1S/3C14H26N3.La/c3*1-3-17(2)14(15-12-8-4-5-9-12)16-13-10-6-7-11-13;/h3*12-13H,3-11H2,1-2H3;/q3*-1;+3. The van der Waals surface area contributed by atoms with E-state index < -0.39 is 0 Å². The van der Waals surface area contributed by atoms with E-state index in [0.29, 0.717) is 36.3 Å². The van der Waals surface area contributed by atoms with E-state index in [1.54, 1.807) is 0 Å². The average Bonchev–Trinajstić information content (AvgIpc) is 4.00. The molecular formula is C42H78LaN9. The molecule has 6 rings (SSSR count). The minimum absolute atomic E-state index is 0. The Hall–Kier alpha value is -0.995. The van der Waals surface area contributed by atoms with E-state index in [9.17, 15) is 0 Å². The van der Waals surface area contributed by atoms with Crippen LogP contribution in [0.15, 0.2) is 15.0 Å². The number of rotatable bonds is 9. The summed E-state index contributed by atoms with van der Waals surface area (Å²) in [5, 5.41) is 14.7. The molecule has 294 valence electrons. The van der Waals surface area contributed by atoms with Gasteiger partial charge < -0.3 is 45.6 Å². The number of hydrogen-bond donors (Lipinski definition) is 0. The van der Waals surface area contributed by atoms with Crippen LogP contribution in [-0.2, 0) is 0 Å². The molecule has 0 radical (unpaired) electrons. The SMILES string of the molecule is CCN(C)C(=NC1CCCC1)[N-]C1CCCC1.CCN(C)C(=NC1CCCC1)[N-]C1CCCC1.CCN(C)C(=NC1CCCC1)[N-]C1CCCC1.[La+3]. The first kappa shape index (κ1) is 45.4. The zero-order valence-electron chi connectivity index (χ0n) is 34.7. The van der Waals surface area contributed by atoms with Crippen LogP contribution in [0.5, 0.6) is 0 Å². The first-order valence-corrected chi connectivity index (χ1v) is 21.9. The average molecular weight is 848 g/mol. The minimum atomic E-state index is 0. The van der Waals surface area contributed by atoms with Crippen LogP contribution >= 0.6 is 0 Å². The summed E-state index contributed by atoms with van der Waals surface area (Å²) in [6.45, 7) is 9.53. The van der Waals surface area contributed by atoms with Gasteiger partial charge >= 0.3 is 35.6 Å². The summed E-state index contributed by atoms with van der Waals surface area (Å²) in [4.78, 5) is 21.3. The van der Waals surface area contributed by atoms with Crippen molar-refractivity contribution < 1.29 is 35.6 Å². The maximum absolute atomic E-state index is 4.89. The summed E-state index contributed by atoms with van der Waals surface area (Å²) < 4.78 is 0. The van der Waals surface area contributed by atoms with Crippen LogP contribution in [0, 0.1) is 35.6 Å². The Kier molecular flexibility index (Phi) is 22.7. The number of guanidine groups is 3. The van der Waals surface area contributed by atoms with E-state index in [0.717, 1.165) is 37.5 Å². The van der Waals surface area contributed by atoms with Crippen molar-refractivity contribution in [1.29, 1.82) is 0 Å². The molecule has 0 aromatic rings. The molecule has 0 N–H and O–H groups in total. The first-order valence-electron chi connectivity index (χ1n) is 21.9. The summed E-state index contributed by atoms with van der Waals surface area (Å²) in [6, 6.07) is 3.27. The number of aliphatic imine (C=N–C) groups is 3. The number of hydrogen-bond acceptors (Lipinski definition) is 3. The molecule has 0 heterocycles. The molecule has 0 aromatic heterocycles. The minimum Gasteiger partial charge on any atom is -0.430 e. The molecule has 0 aliphatic heterocycles. The molecule has 0 aromatic carbocycles. The Morgan fingerprint density at radius 1 is 0.385 bits per heavy atom. The Balaban J connectivity index is 0.000000208. The molecule has 0 amide bonds. The molecule has 6 fully saturated rings. The Bertz CT molecular complexity index is 886. The summed E-state index contributed by atoms with van der Waals surface area (Å²) in [7, 11) is 6.35. The smallest absolute Gasteiger partial charge is 0.430 e. The van der Waals surface area contributed by atoms with Crippen molar-refractivity contribution in [1.82, 2.24) is 14.7 Å². The van der Waals surface area contributed by atoms with Crippen molar-refractivity contribution in [2.75, 3.05) is 40.8 Å². The predicted molar refractivity (Wildman–Crippen MR) is 221 cm³/mol. The summed E-state index contributed by atoms with van der Waals surface area (Å²) >= 11 is 0. The Morgan fingerprint density at radius 2 is 0.577 bits per heavy atom. The van der Waals surface area contributed by atoms with E-state index in [1.165, 1.54) is 154 Å². The van der Waals surface area contributed by atoms with Gasteiger partial charge in [-0.05, 0) is 154 Å². The molecule has 0 atom stereocenters. The van der Waals surface area contributed by atoms with Gasteiger partial charge in [-0.25, -0.2) is 0 Å². The van der Waals surface area contributed by atoms with Crippen LogP contribution < -0.4 is 0 Å². The molecule has 0 saturated heterocycles. The van der Waals surface area contributed by atoms with Gasteiger partial charge in [0.1, 0.15) is 0 Å². The van der Waals surface area contributed by atoms with Crippen molar-refractivity contribution in [3.63, 3.8) is 0 Å². The molecule has 6 saturated carbocycles. The van der Waals surface area contributed by atoms with Crippen LogP contribution in [0.2, 0.25) is 0 Å². The van der Waals surface area contributed by atoms with Crippen molar-refractivity contribution in [2.45, 2.75) is 211 Å². The fourth-order valence-corrected chi connectivity index (χ4v) is 8.30. The van der Waals surface area contributed by atoms with Gasteiger partial charge in [0.2, 0.25) is 0 Å². The molecule has 0 unspecified atom stereocenters. The van der Waals surface area contributed by atoms with Crippen molar-refractivity contribution in [3.8, 4) is 0 Å². The van der Waals surface area contributed by atoms with Gasteiger partial charge in [0, 0.05) is 17.9 Å². The van der Waals surface area contributed by atoms with E-state index in [2.05, 4.69) is 56.6 Å². The molecule has 0 bridgehead atoms. The topological polar surface area (TPSA) is 89.1 Å². The van der Waals surface area contributed by atoms with Gasteiger partial charge in [-0.1, -0.05) is 97.8 Å². The maximum Gasteiger partial charge on any atom is 3.00 e. The summed E-state index contributed by atoms with van der Waals surface area (Å²) in [6.07, 6.45) is 31.4. The maximum atomic E-state index is 4.89. The summed E-state index contributed by atoms with van der Waals surface area (Å²) in [5.74, 6) is 3.06. The molecule has 10 heteroatoms. The Morgan fingerprint density at radius 3 is 0.769 bits per heavy atom. The van der Waals surface area contributed by atoms with Crippen LogP contribution in [0.4, 0.5) is 0 Å². The van der Waals surface area contributed by atoms with Crippen molar-refractivity contribution >= 4 is 17.9 Å². The molecular weight excluding hydrogens is 769 g/mol. The molecule has 52 heavy (non-hydrogen) atoms. The fourth-order valence-electron chi connectivity index (χ4n) is 8.30. The summed E-state index contributed by atoms with van der Waals surface area (Å²) in [5.41, 5.74) is 0. The van der Waals surface area contributed by atoms with Gasteiger partial charge in [-0.2, -0.15) is 0 Å². The zero-order chi connectivity index (χ0) is 36.3. The Labute approximate surface area is 348 Å². The normalized spacial score (nSPS) is 22.8. The van der Waals surface area contributed by atoms with Gasteiger partial charge in [-0.15, -0.1) is 0 Å². The third-order valence-electron chi connectivity index (χ3n) is 12.2. The number of nitrogens with zero attached hydrogens (tertiary/aromatic N) is 9. The third kappa shape index (κ3) is 16.4. The van der Waals surface area contributed by atoms with E-state index in [-0.39, 0.29) is 35.6 Å². The second-order valence-electron chi connectivity index (χ2n) is 16.3. The van der Waals surface area contributed by atoms with Crippen LogP contribution in [-0.4, -0.2) is 110 Å². The van der Waals surface area contributed by atoms with Crippen molar-refractivity contribution in [3.05, 3.63) is 16.0 Å². The molecule has 9 nitrogen and oxygen atoms in total. The molecule has 6 aliphatic carbocycles. The van der Waals surface area contributed by atoms with E-state index in [1.807, 2.05) is 0 Å². The molecule has 0 spiro atoms. The van der Waals surface area contributed by atoms with Gasteiger partial charge in [0.15, 0.2) is 0 Å². The van der Waals surface area contributed by atoms with E-state index >= 15 is 0 Å². The third-order valence-corrected chi connectivity index (χ3v) is 12.2. The zero-order valence-corrected chi connectivity index (χ0v) is 38.3. The van der Waals surface area contributed by atoms with Crippen molar-refractivity contribution in [2.24, 2.45) is 15.0 Å². The van der Waals surface area contributed by atoms with Crippen LogP contribution in [0.1, 0.15) is 175 Å². The second kappa shape index (κ2) is 26.0. The van der Waals surface area contributed by atoms with Crippen LogP contribution in [0.25, 0.3) is 16.0 Å². The largest absolute Gasteiger partial charge is 3.00 e. The van der Waals surface area contributed by atoms with Gasteiger partial charge in [0.05, 0.1) is 0 Å². The van der Waals surface area contributed by atoms with Gasteiger partial charge in [-0.3, -0.25) is 0 Å². The first-order chi connectivity index (χ1) is 24.9.